The van der Waals surface area contributed by atoms with Gasteiger partial charge in [0.05, 0.1) is 24.9 Å². The molecule has 32 heavy (non-hydrogen) atoms. The maximum Gasteiger partial charge on any atom is 0.217 e. The van der Waals surface area contributed by atoms with E-state index in [0.717, 1.165) is 36.4 Å². The van der Waals surface area contributed by atoms with Crippen LogP contribution >= 0.6 is 0 Å². The molecule has 5 rings (SSSR count). The number of carbonyl (C=O) groups is 1. The number of allylic oxidation sites excluding steroid dienone is 4. The summed E-state index contributed by atoms with van der Waals surface area (Å²) < 4.78 is 27.5. The second-order valence-corrected chi connectivity index (χ2v) is 9.44. The summed E-state index contributed by atoms with van der Waals surface area (Å²) >= 11 is 0. The smallest absolute Gasteiger partial charge is 0.217 e. The van der Waals surface area contributed by atoms with E-state index in [1.807, 2.05) is 37.3 Å². The first-order valence-corrected chi connectivity index (χ1v) is 11.7. The van der Waals surface area contributed by atoms with Crippen molar-refractivity contribution >= 4 is 5.91 Å². The van der Waals surface area contributed by atoms with Gasteiger partial charge in [0.1, 0.15) is 11.9 Å². The third kappa shape index (κ3) is 4.69. The standard InChI is InChI=1S/C26H31FN2O3/c1-16(28-17(2)30)19-5-8-21(9-6-19)32-22-11-12-29(14-22)26-23-13-20(23)7-10-24(25(26)27)31-15-18-3-4-18/h5-10,16,18,20,22H,3-4,11-15H2,1-2H3,(H,28,30)/t16-,20?,22+/m0/s1. The zero-order chi connectivity index (χ0) is 22.2. The molecule has 6 heteroatoms. The van der Waals surface area contributed by atoms with E-state index < -0.39 is 0 Å². The van der Waals surface area contributed by atoms with Crippen molar-refractivity contribution in [3.63, 3.8) is 0 Å². The molecule has 1 heterocycles. The van der Waals surface area contributed by atoms with Gasteiger partial charge in [0.15, 0.2) is 11.6 Å². The van der Waals surface area contributed by atoms with Crippen molar-refractivity contribution in [1.82, 2.24) is 10.2 Å². The lowest BCUT2D eigenvalue weighted by Gasteiger charge is -2.22. The quantitative estimate of drug-likeness (QED) is 0.634. The van der Waals surface area contributed by atoms with Crippen molar-refractivity contribution in [3.8, 4) is 5.75 Å². The lowest BCUT2D eigenvalue weighted by molar-refractivity contribution is -0.119. The lowest BCUT2D eigenvalue weighted by atomic mass is 10.1. The number of carbonyl (C=O) groups excluding carboxylic acids is 1. The molecular weight excluding hydrogens is 407 g/mol. The summed E-state index contributed by atoms with van der Waals surface area (Å²) in [7, 11) is 0. The molecule has 3 aliphatic carbocycles. The highest BCUT2D eigenvalue weighted by atomic mass is 19.1. The van der Waals surface area contributed by atoms with Gasteiger partial charge in [-0.2, -0.15) is 0 Å². The number of fused-ring (bicyclic) bond motifs is 1. The zero-order valence-corrected chi connectivity index (χ0v) is 18.8. The van der Waals surface area contributed by atoms with Crippen LogP contribution in [0.4, 0.5) is 4.39 Å². The van der Waals surface area contributed by atoms with Crippen LogP contribution in [-0.2, 0) is 9.53 Å². The molecule has 5 nitrogen and oxygen atoms in total. The molecule has 1 unspecified atom stereocenters. The molecule has 1 N–H and O–H groups in total. The largest absolute Gasteiger partial charge is 0.490 e. The van der Waals surface area contributed by atoms with Crippen molar-refractivity contribution in [3.05, 3.63) is 64.8 Å². The van der Waals surface area contributed by atoms with Crippen molar-refractivity contribution < 1.29 is 18.7 Å². The van der Waals surface area contributed by atoms with Crippen LogP contribution < -0.4 is 10.1 Å². The van der Waals surface area contributed by atoms with Gasteiger partial charge in [0, 0.05) is 25.8 Å². The molecule has 0 aromatic heterocycles. The fourth-order valence-corrected chi connectivity index (χ4v) is 4.56. The summed E-state index contributed by atoms with van der Waals surface area (Å²) in [4.78, 5) is 13.4. The molecule has 3 atom stereocenters. The Hall–Kier alpha value is -2.76. The zero-order valence-electron chi connectivity index (χ0n) is 18.8. The molecule has 1 amide bonds. The number of rotatable bonds is 8. The summed E-state index contributed by atoms with van der Waals surface area (Å²) in [6.07, 6.45) is 8.09. The number of nitrogens with zero attached hydrogens (tertiary/aromatic N) is 1. The number of ether oxygens (including phenoxy) is 2. The Morgan fingerprint density at radius 1 is 1.25 bits per heavy atom. The van der Waals surface area contributed by atoms with Gasteiger partial charge in [-0.25, -0.2) is 4.39 Å². The van der Waals surface area contributed by atoms with Crippen LogP contribution in [0.15, 0.2) is 59.3 Å². The van der Waals surface area contributed by atoms with Crippen LogP contribution in [0.25, 0.3) is 0 Å². The molecule has 0 spiro atoms. The van der Waals surface area contributed by atoms with Crippen molar-refractivity contribution in [2.24, 2.45) is 11.8 Å². The Morgan fingerprint density at radius 3 is 2.75 bits per heavy atom. The minimum atomic E-state index is -0.214. The number of amides is 1. The number of likely N-dealkylation sites (tertiary alicyclic amines) is 1. The summed E-state index contributed by atoms with van der Waals surface area (Å²) in [6.45, 7) is 5.53. The Kier molecular flexibility index (Phi) is 5.70. The first-order chi connectivity index (χ1) is 15.5. The molecule has 4 aliphatic rings. The van der Waals surface area contributed by atoms with E-state index in [-0.39, 0.29) is 23.9 Å². The maximum atomic E-state index is 15.5. The van der Waals surface area contributed by atoms with E-state index >= 15 is 4.39 Å². The summed E-state index contributed by atoms with van der Waals surface area (Å²) in [6, 6.07) is 7.79. The van der Waals surface area contributed by atoms with Crippen LogP contribution in [0, 0.1) is 11.8 Å². The van der Waals surface area contributed by atoms with E-state index in [1.54, 1.807) is 0 Å². The lowest BCUT2D eigenvalue weighted by Crippen LogP contribution is -2.25. The third-order valence-electron chi connectivity index (χ3n) is 6.67. The van der Waals surface area contributed by atoms with Crippen LogP contribution in [-0.4, -0.2) is 36.6 Å². The van der Waals surface area contributed by atoms with Gasteiger partial charge in [-0.15, -0.1) is 0 Å². The fraction of sp³-hybridized carbons (Fsp3) is 0.500. The highest BCUT2D eigenvalue weighted by Gasteiger charge is 2.40. The van der Waals surface area contributed by atoms with Gasteiger partial charge in [-0.1, -0.05) is 18.2 Å². The minimum absolute atomic E-state index is 0.0127. The normalized spacial score (nSPS) is 25.4. The van der Waals surface area contributed by atoms with E-state index in [9.17, 15) is 4.79 Å². The topological polar surface area (TPSA) is 50.8 Å². The number of benzene rings is 1. The van der Waals surface area contributed by atoms with Crippen LogP contribution in [0.3, 0.4) is 0 Å². The van der Waals surface area contributed by atoms with E-state index in [1.165, 1.54) is 25.3 Å². The number of halogens is 1. The highest BCUT2D eigenvalue weighted by molar-refractivity contribution is 5.73. The summed E-state index contributed by atoms with van der Waals surface area (Å²) in [5, 5.41) is 2.89. The molecule has 1 aliphatic heterocycles. The van der Waals surface area contributed by atoms with Gasteiger partial charge >= 0.3 is 0 Å². The SMILES string of the molecule is CC(=O)N[C@@H](C)c1ccc(O[C@@H]2CCN(C3=C4CC4C=CC(OCC4CC4)=C3F)C2)cc1. The number of nitrogens with one attached hydrogen (secondary N) is 1. The van der Waals surface area contributed by atoms with Gasteiger partial charge < -0.3 is 19.7 Å². The average molecular weight is 439 g/mol. The second kappa shape index (κ2) is 8.64. The second-order valence-electron chi connectivity index (χ2n) is 9.44. The highest BCUT2D eigenvalue weighted by Crippen LogP contribution is 2.48. The van der Waals surface area contributed by atoms with Crippen molar-refractivity contribution in [2.45, 2.75) is 51.7 Å². The Bertz CT molecular complexity index is 977. The molecular formula is C26H31FN2O3. The molecule has 3 fully saturated rings. The summed E-state index contributed by atoms with van der Waals surface area (Å²) in [5.74, 6) is 1.86. The first-order valence-electron chi connectivity index (χ1n) is 11.7. The summed E-state index contributed by atoms with van der Waals surface area (Å²) in [5.41, 5.74) is 2.95. The predicted octanol–water partition coefficient (Wildman–Crippen LogP) is 4.79. The van der Waals surface area contributed by atoms with Gasteiger partial charge in [0.2, 0.25) is 5.91 Å². The van der Waals surface area contributed by atoms with E-state index in [0.29, 0.717) is 30.7 Å². The predicted molar refractivity (Wildman–Crippen MR) is 120 cm³/mol. The fourth-order valence-electron chi connectivity index (χ4n) is 4.56. The van der Waals surface area contributed by atoms with Crippen molar-refractivity contribution in [2.75, 3.05) is 19.7 Å². The van der Waals surface area contributed by atoms with Crippen LogP contribution in [0.2, 0.25) is 0 Å². The van der Waals surface area contributed by atoms with Gasteiger partial charge in [-0.3, -0.25) is 4.79 Å². The Morgan fingerprint density at radius 2 is 2.03 bits per heavy atom. The van der Waals surface area contributed by atoms with Gasteiger partial charge in [-0.05, 0) is 61.4 Å². The first kappa shape index (κ1) is 21.1. The third-order valence-corrected chi connectivity index (χ3v) is 6.67. The molecule has 0 bridgehead atoms. The molecule has 2 saturated carbocycles. The average Bonchev–Trinajstić information content (AvgIpc) is 3.67. The number of hydrogen-bond donors (Lipinski definition) is 1. The molecule has 0 radical (unpaired) electrons. The monoisotopic (exact) mass is 438 g/mol. The Balaban J connectivity index is 1.22. The van der Waals surface area contributed by atoms with Crippen LogP contribution in [0.5, 0.6) is 5.75 Å². The molecule has 1 saturated heterocycles. The van der Waals surface area contributed by atoms with Crippen molar-refractivity contribution in [1.29, 1.82) is 0 Å². The van der Waals surface area contributed by atoms with E-state index in [2.05, 4.69) is 16.3 Å². The number of hydrogen-bond acceptors (Lipinski definition) is 4. The van der Waals surface area contributed by atoms with E-state index in [4.69, 9.17) is 9.47 Å². The molecule has 170 valence electrons. The Labute approximate surface area is 189 Å². The van der Waals surface area contributed by atoms with Gasteiger partial charge in [0.25, 0.3) is 0 Å². The maximum absolute atomic E-state index is 15.5. The molecule has 1 aromatic carbocycles. The molecule has 1 aromatic rings. The van der Waals surface area contributed by atoms with Crippen LogP contribution in [0.1, 0.15) is 51.1 Å². The minimum Gasteiger partial charge on any atom is -0.490 e.